The maximum absolute atomic E-state index is 13.3. The van der Waals surface area contributed by atoms with E-state index in [1.165, 1.54) is 0 Å². The van der Waals surface area contributed by atoms with Crippen molar-refractivity contribution in [2.45, 2.75) is 46.6 Å². The number of pyridine rings is 1. The molecule has 6 nitrogen and oxygen atoms in total. The molecule has 0 saturated heterocycles. The van der Waals surface area contributed by atoms with Crippen LogP contribution < -0.4 is 0 Å². The van der Waals surface area contributed by atoms with Crippen molar-refractivity contribution >= 4 is 22.7 Å². The minimum atomic E-state index is -0.457. The molecule has 0 unspecified atom stereocenters. The number of fused-ring (bicyclic) bond motifs is 2. The van der Waals surface area contributed by atoms with Gasteiger partial charge in [0.05, 0.1) is 23.9 Å². The molecule has 1 aliphatic carbocycles. The van der Waals surface area contributed by atoms with Crippen LogP contribution in [0.1, 0.15) is 62.5 Å². The second kappa shape index (κ2) is 8.93. The number of Topliss-reactive ketones (excluding diaryl/α,β-unsaturated/α-hetero) is 1. The third kappa shape index (κ3) is 4.04. The van der Waals surface area contributed by atoms with Crippen LogP contribution in [0.5, 0.6) is 0 Å². The Morgan fingerprint density at radius 3 is 2.79 bits per heavy atom. The van der Waals surface area contributed by atoms with E-state index in [9.17, 15) is 9.59 Å². The van der Waals surface area contributed by atoms with Crippen LogP contribution in [0.4, 0.5) is 0 Å². The largest absolute Gasteiger partial charge is 0.467 e. The summed E-state index contributed by atoms with van der Waals surface area (Å²) >= 11 is 0. The topological polar surface area (TPSA) is 74.3 Å². The summed E-state index contributed by atoms with van der Waals surface area (Å²) < 4.78 is 13.1. The third-order valence-electron chi connectivity index (χ3n) is 6.81. The van der Waals surface area contributed by atoms with Crippen molar-refractivity contribution in [1.29, 1.82) is 0 Å². The van der Waals surface area contributed by atoms with E-state index in [1.54, 1.807) is 6.26 Å². The van der Waals surface area contributed by atoms with Gasteiger partial charge in [-0.1, -0.05) is 25.1 Å². The molecule has 6 heteroatoms. The van der Waals surface area contributed by atoms with Gasteiger partial charge in [0.2, 0.25) is 5.78 Å². The first kappa shape index (κ1) is 22.1. The van der Waals surface area contributed by atoms with Crippen LogP contribution in [0.25, 0.3) is 10.9 Å². The lowest BCUT2D eigenvalue weighted by Gasteiger charge is -2.24. The average Bonchev–Trinajstić information content (AvgIpc) is 3.44. The van der Waals surface area contributed by atoms with Gasteiger partial charge in [-0.15, -0.1) is 0 Å². The van der Waals surface area contributed by atoms with Crippen LogP contribution >= 0.6 is 0 Å². The van der Waals surface area contributed by atoms with Crippen LogP contribution in [0.3, 0.4) is 0 Å². The van der Waals surface area contributed by atoms with E-state index in [4.69, 9.17) is 14.1 Å². The molecule has 0 radical (unpaired) electrons. The molecule has 34 heavy (non-hydrogen) atoms. The minimum Gasteiger partial charge on any atom is -0.467 e. The zero-order valence-corrected chi connectivity index (χ0v) is 19.8. The van der Waals surface area contributed by atoms with E-state index in [0.717, 1.165) is 58.6 Å². The average molecular weight is 457 g/mol. The fourth-order valence-corrected chi connectivity index (χ4v) is 4.96. The van der Waals surface area contributed by atoms with Crippen molar-refractivity contribution in [3.05, 3.63) is 88.3 Å². The molecule has 0 amide bonds. The quantitative estimate of drug-likeness (QED) is 0.285. The Bertz CT molecular complexity index is 1380. The standard InChI is InChI=1S/C28H28N2O4/c1-17-10-11-25-23(13-17)27(21-8-4-5-9-24(21)29-25)28(32)34-16-26(31)22-14-18(2)30(19(22)3)15-20-7-6-12-33-20/h4-9,12,14,17H,10-11,13,15-16H2,1-3H3/t17-/m0/s1. The third-order valence-corrected chi connectivity index (χ3v) is 6.81. The van der Waals surface area contributed by atoms with Crippen LogP contribution in [0, 0.1) is 19.8 Å². The molecule has 0 N–H and O–H groups in total. The smallest absolute Gasteiger partial charge is 0.339 e. The number of aromatic nitrogens is 2. The van der Waals surface area contributed by atoms with Crippen LogP contribution in [0.2, 0.25) is 0 Å². The number of para-hydroxylation sites is 1. The van der Waals surface area contributed by atoms with Gasteiger partial charge in [0.25, 0.3) is 0 Å². The number of nitrogens with zero attached hydrogens (tertiary/aromatic N) is 2. The van der Waals surface area contributed by atoms with E-state index in [0.29, 0.717) is 23.6 Å². The van der Waals surface area contributed by atoms with Crippen molar-refractivity contribution < 1.29 is 18.7 Å². The van der Waals surface area contributed by atoms with Gasteiger partial charge in [-0.05, 0) is 68.9 Å². The van der Waals surface area contributed by atoms with E-state index >= 15 is 0 Å². The molecule has 0 bridgehead atoms. The molecule has 0 spiro atoms. The molecule has 1 aliphatic rings. The first-order valence-corrected chi connectivity index (χ1v) is 11.7. The summed E-state index contributed by atoms with van der Waals surface area (Å²) in [4.78, 5) is 31.2. The van der Waals surface area contributed by atoms with Crippen LogP contribution in [-0.4, -0.2) is 27.9 Å². The SMILES string of the molecule is Cc1cc(C(=O)COC(=O)c2c3c(nc4ccccc24)CC[C@H](C)C3)c(C)n1Cc1ccco1. The molecule has 174 valence electrons. The summed E-state index contributed by atoms with van der Waals surface area (Å²) in [5.74, 6) is 0.619. The number of hydrogen-bond acceptors (Lipinski definition) is 5. The normalized spacial score (nSPS) is 15.3. The fraction of sp³-hybridized carbons (Fsp3) is 0.321. The highest BCUT2D eigenvalue weighted by atomic mass is 16.5. The molecule has 5 rings (SSSR count). The number of benzene rings is 1. The second-order valence-electron chi connectivity index (χ2n) is 9.23. The molecule has 3 heterocycles. The van der Waals surface area contributed by atoms with E-state index in [-0.39, 0.29) is 12.4 Å². The van der Waals surface area contributed by atoms with E-state index < -0.39 is 5.97 Å². The number of aryl methyl sites for hydroxylation is 2. The number of esters is 1. The first-order chi connectivity index (χ1) is 16.4. The Hall–Kier alpha value is -3.67. The second-order valence-corrected chi connectivity index (χ2v) is 9.23. The summed E-state index contributed by atoms with van der Waals surface area (Å²) in [5, 5.41) is 0.782. The Morgan fingerprint density at radius 1 is 1.18 bits per heavy atom. The molecule has 0 aliphatic heterocycles. The maximum Gasteiger partial charge on any atom is 0.339 e. The molecule has 0 fully saturated rings. The van der Waals surface area contributed by atoms with Gasteiger partial charge in [0.1, 0.15) is 5.76 Å². The number of rotatable bonds is 6. The van der Waals surface area contributed by atoms with Crippen molar-refractivity contribution in [2.75, 3.05) is 6.61 Å². The van der Waals surface area contributed by atoms with E-state index in [2.05, 4.69) is 6.92 Å². The highest BCUT2D eigenvalue weighted by Gasteiger charge is 2.27. The highest BCUT2D eigenvalue weighted by Crippen LogP contribution is 2.32. The molecule has 1 atom stereocenters. The Balaban J connectivity index is 1.39. The maximum atomic E-state index is 13.3. The predicted octanol–water partition coefficient (Wildman–Crippen LogP) is 5.46. The summed E-state index contributed by atoms with van der Waals surface area (Å²) in [6.07, 6.45) is 4.33. The van der Waals surface area contributed by atoms with Gasteiger partial charge in [-0.25, -0.2) is 4.79 Å². The van der Waals surface area contributed by atoms with Crippen molar-refractivity contribution in [3.8, 4) is 0 Å². The monoisotopic (exact) mass is 456 g/mol. The molecule has 4 aromatic rings. The first-order valence-electron chi connectivity index (χ1n) is 11.7. The van der Waals surface area contributed by atoms with Gasteiger partial charge in [-0.2, -0.15) is 0 Å². The van der Waals surface area contributed by atoms with Crippen LogP contribution in [-0.2, 0) is 24.1 Å². The summed E-state index contributed by atoms with van der Waals surface area (Å²) in [5.41, 5.74) is 5.62. The van der Waals surface area contributed by atoms with Crippen LogP contribution in [0.15, 0.2) is 53.1 Å². The lowest BCUT2D eigenvalue weighted by Crippen LogP contribution is -2.21. The van der Waals surface area contributed by atoms with Crippen molar-refractivity contribution in [2.24, 2.45) is 5.92 Å². The van der Waals surface area contributed by atoms with Crippen molar-refractivity contribution in [3.63, 3.8) is 0 Å². The molecule has 0 saturated carbocycles. The van der Waals surface area contributed by atoms with Gasteiger partial charge in [0.15, 0.2) is 6.61 Å². The van der Waals surface area contributed by atoms with Gasteiger partial charge in [-0.3, -0.25) is 9.78 Å². The van der Waals surface area contributed by atoms with E-state index in [1.807, 2.05) is 60.9 Å². The van der Waals surface area contributed by atoms with Gasteiger partial charge < -0.3 is 13.7 Å². The predicted molar refractivity (Wildman–Crippen MR) is 129 cm³/mol. The van der Waals surface area contributed by atoms with Gasteiger partial charge >= 0.3 is 5.97 Å². The lowest BCUT2D eigenvalue weighted by atomic mass is 9.84. The molecular formula is C28H28N2O4. The zero-order valence-electron chi connectivity index (χ0n) is 19.8. The van der Waals surface area contributed by atoms with Gasteiger partial charge in [0, 0.05) is 28.0 Å². The van der Waals surface area contributed by atoms with Crippen molar-refractivity contribution in [1.82, 2.24) is 9.55 Å². The fourth-order valence-electron chi connectivity index (χ4n) is 4.96. The molecule has 1 aromatic carbocycles. The number of ether oxygens (including phenoxy) is 1. The number of hydrogen-bond donors (Lipinski definition) is 0. The highest BCUT2D eigenvalue weighted by molar-refractivity contribution is 6.06. The molecular weight excluding hydrogens is 428 g/mol. The number of ketones is 1. The Morgan fingerprint density at radius 2 is 2.00 bits per heavy atom. The summed E-state index contributed by atoms with van der Waals surface area (Å²) in [7, 11) is 0. The summed E-state index contributed by atoms with van der Waals surface area (Å²) in [6, 6.07) is 13.2. The summed E-state index contributed by atoms with van der Waals surface area (Å²) in [6.45, 7) is 6.29. The number of furan rings is 1. The zero-order chi connectivity index (χ0) is 23.8. The number of carbonyl (C=O) groups is 2. The minimum absolute atomic E-state index is 0.215. The number of carbonyl (C=O) groups excluding carboxylic acids is 2. The lowest BCUT2D eigenvalue weighted by molar-refractivity contribution is 0.0474. The Labute approximate surface area is 198 Å². The molecule has 3 aromatic heterocycles. The Kier molecular flexibility index (Phi) is 5.82.